The predicted octanol–water partition coefficient (Wildman–Crippen LogP) is 0.775. The zero-order chi connectivity index (χ0) is 13.6. The van der Waals surface area contributed by atoms with Gasteiger partial charge in [-0.1, -0.05) is 0 Å². The van der Waals surface area contributed by atoms with Crippen LogP contribution in [0.2, 0.25) is 0 Å². The van der Waals surface area contributed by atoms with E-state index >= 15 is 0 Å². The number of primary sulfonamides is 1. The molecule has 2 aromatic rings. The second-order valence-electron chi connectivity index (χ2n) is 3.60. The number of anilines is 1. The molecule has 0 aromatic heterocycles. The Labute approximate surface area is 123 Å². The van der Waals surface area contributed by atoms with Crippen LogP contribution in [0.3, 0.4) is 0 Å². The number of benzene rings is 2. The van der Waals surface area contributed by atoms with E-state index in [4.69, 9.17) is 10.9 Å². The number of hydrogen-bond donors (Lipinski definition) is 2. The van der Waals surface area contributed by atoms with Crippen LogP contribution in [0.5, 0.6) is 0 Å². The van der Waals surface area contributed by atoms with Crippen molar-refractivity contribution in [1.29, 1.82) is 0 Å². The molecule has 0 radical (unpaired) electrons. The van der Waals surface area contributed by atoms with Gasteiger partial charge >= 0.3 is 59.5 Å². The van der Waals surface area contributed by atoms with Crippen molar-refractivity contribution >= 4 is 18.8 Å². The first-order valence-corrected chi connectivity index (χ1v) is 9.44. The number of rotatable bonds is 1. The fourth-order valence-electron chi connectivity index (χ4n) is 1.14. The molecule has 0 bridgehead atoms. The molecule has 0 saturated carbocycles. The molecule has 0 saturated heterocycles. The Kier molecular flexibility index (Phi) is 5.78. The first kappa shape index (κ1) is 15.1. The van der Waals surface area contributed by atoms with Crippen molar-refractivity contribution in [2.24, 2.45) is 5.14 Å². The fraction of sp³-hybridized carbons (Fsp3) is 0. The summed E-state index contributed by atoms with van der Waals surface area (Å²) in [6.07, 6.45) is 0. The summed E-state index contributed by atoms with van der Waals surface area (Å²) in [6.45, 7) is 0. The molecule has 6 heteroatoms. The van der Waals surface area contributed by atoms with Crippen LogP contribution in [0.4, 0.5) is 5.69 Å². The Morgan fingerprint density at radius 1 is 0.889 bits per heavy atom. The van der Waals surface area contributed by atoms with E-state index in [1.54, 1.807) is 0 Å². The molecule has 2 rings (SSSR count). The van der Waals surface area contributed by atoms with Crippen molar-refractivity contribution in [1.82, 2.24) is 0 Å². The molecule has 0 spiro atoms. The van der Waals surface area contributed by atoms with Crippen molar-refractivity contribution in [3.63, 3.8) is 0 Å². The van der Waals surface area contributed by atoms with Gasteiger partial charge in [-0.05, 0) is 24.3 Å². The zero-order valence-electron chi connectivity index (χ0n) is 9.78. The van der Waals surface area contributed by atoms with Gasteiger partial charge in [0.1, 0.15) is 0 Å². The maximum absolute atomic E-state index is 10.7. The zero-order valence-corrected chi connectivity index (χ0v) is 16.1. The van der Waals surface area contributed by atoms with Crippen LogP contribution < -0.4 is 13.9 Å². The van der Waals surface area contributed by atoms with Gasteiger partial charge in [-0.3, -0.25) is 0 Å². The summed E-state index contributed by atoms with van der Waals surface area (Å²) < 4.78 is 22.9. The summed E-state index contributed by atoms with van der Waals surface area (Å²) in [5.41, 5.74) is 5.85. The molecule has 0 amide bonds. The minimum absolute atomic E-state index is 0.0756. The van der Waals surface area contributed by atoms with Crippen LogP contribution in [-0.4, -0.2) is 8.42 Å². The first-order chi connectivity index (χ1) is 8.39. The van der Waals surface area contributed by atoms with Gasteiger partial charge in [0.15, 0.2) is 0 Å². The summed E-state index contributed by atoms with van der Waals surface area (Å²) in [7, 11) is -3.58. The fourth-order valence-corrected chi connectivity index (χ4v) is 2.71. The summed E-state index contributed by atoms with van der Waals surface area (Å²) in [4.78, 5) is 0.0756. The molecule has 0 aliphatic heterocycles. The monoisotopic (exact) mass is 451 g/mol. The van der Waals surface area contributed by atoms with Crippen molar-refractivity contribution in [2.45, 2.75) is 4.90 Å². The molecule has 0 unspecified atom stereocenters. The molecule has 4 N–H and O–H groups in total. The van der Waals surface area contributed by atoms with E-state index in [1.807, 2.05) is 0 Å². The Bertz CT molecular complexity index is 583. The molecule has 4 nitrogen and oxygen atoms in total. The van der Waals surface area contributed by atoms with E-state index in [0.717, 1.165) is 26.1 Å². The van der Waals surface area contributed by atoms with Crippen molar-refractivity contribution < 1.29 is 34.5 Å². The molecule has 91 valence electrons. The third kappa shape index (κ3) is 5.62. The Hall–Kier alpha value is -0.915. The standard InChI is InChI=1S/C6H8N2O2S.C6H5.Hg/c7-5-1-3-6(4-2-5)11(8,9)10;1-2-4-6-5-3-1;/h1-4H,7H2,(H2,8,9,10);1-5H;. The van der Waals surface area contributed by atoms with Gasteiger partial charge in [0.2, 0.25) is 10.0 Å². The topological polar surface area (TPSA) is 86.2 Å². The average Bonchev–Trinajstić information content (AvgIpc) is 2.30. The van der Waals surface area contributed by atoms with Crippen LogP contribution in [-0.2, 0) is 36.1 Å². The predicted molar refractivity (Wildman–Crippen MR) is 68.3 cm³/mol. The van der Waals surface area contributed by atoms with Gasteiger partial charge in [-0.2, -0.15) is 0 Å². The molecule has 2 aromatic carbocycles. The number of sulfonamides is 1. The average molecular weight is 450 g/mol. The molecule has 0 heterocycles. The van der Waals surface area contributed by atoms with Crippen molar-refractivity contribution in [3.05, 3.63) is 54.6 Å². The number of nitrogen functional groups attached to an aromatic ring is 1. The molecule has 0 aliphatic carbocycles. The summed E-state index contributed by atoms with van der Waals surface area (Å²) in [5, 5.41) is 4.84. The normalized spacial score (nSPS) is 10.4. The molecule has 18 heavy (non-hydrogen) atoms. The molecule has 0 aliphatic rings. The quantitative estimate of drug-likeness (QED) is 0.498. The van der Waals surface area contributed by atoms with Gasteiger partial charge in [0.05, 0.1) is 4.90 Å². The van der Waals surface area contributed by atoms with E-state index in [9.17, 15) is 8.42 Å². The summed E-state index contributed by atoms with van der Waals surface area (Å²) in [5.74, 6) is 0. The van der Waals surface area contributed by atoms with Crippen molar-refractivity contribution in [2.75, 3.05) is 5.73 Å². The second-order valence-corrected chi connectivity index (χ2v) is 8.34. The maximum atomic E-state index is 10.7. The first-order valence-electron chi connectivity index (χ1n) is 5.15. The van der Waals surface area contributed by atoms with E-state index in [1.165, 1.54) is 27.3 Å². The van der Waals surface area contributed by atoms with E-state index < -0.39 is 10.0 Å². The van der Waals surface area contributed by atoms with Crippen molar-refractivity contribution in [3.8, 4) is 0 Å². The van der Waals surface area contributed by atoms with Crippen LogP contribution in [0.25, 0.3) is 0 Å². The van der Waals surface area contributed by atoms with E-state index in [-0.39, 0.29) is 4.90 Å². The van der Waals surface area contributed by atoms with Crippen LogP contribution in [0, 0.1) is 0 Å². The van der Waals surface area contributed by atoms with Gasteiger partial charge in [-0.15, -0.1) is 0 Å². The van der Waals surface area contributed by atoms with Crippen LogP contribution in [0.1, 0.15) is 0 Å². The Morgan fingerprint density at radius 2 is 1.39 bits per heavy atom. The minimum atomic E-state index is -3.58. The third-order valence-electron chi connectivity index (χ3n) is 2.05. The molecule has 0 atom stereocenters. The van der Waals surface area contributed by atoms with Gasteiger partial charge in [0, 0.05) is 5.69 Å². The van der Waals surface area contributed by atoms with Gasteiger partial charge in [0.25, 0.3) is 0 Å². The van der Waals surface area contributed by atoms with E-state index in [2.05, 4.69) is 30.3 Å². The van der Waals surface area contributed by atoms with Gasteiger partial charge < -0.3 is 5.73 Å². The Balaban J connectivity index is 0.000000199. The van der Waals surface area contributed by atoms with E-state index in [0.29, 0.717) is 5.69 Å². The summed E-state index contributed by atoms with van der Waals surface area (Å²) >= 11 is 0.810. The number of hydrogen-bond acceptors (Lipinski definition) is 3. The molecule has 0 fully saturated rings. The molecular formula is C12H13HgN2O2S. The third-order valence-corrected chi connectivity index (χ3v) is 4.81. The summed E-state index contributed by atoms with van der Waals surface area (Å²) in [6, 6.07) is 16.3. The number of nitrogens with two attached hydrogens (primary N) is 2. The second kappa shape index (κ2) is 6.87. The van der Waals surface area contributed by atoms with Crippen LogP contribution in [0.15, 0.2) is 59.5 Å². The SMILES string of the molecule is Nc1ccc(S(N)(=O)=O)cc1.[Hg][c]1ccccc1. The Morgan fingerprint density at radius 3 is 1.72 bits per heavy atom. The molecular weight excluding hydrogens is 437 g/mol. The van der Waals surface area contributed by atoms with Crippen LogP contribution >= 0.6 is 0 Å². The van der Waals surface area contributed by atoms with Gasteiger partial charge in [-0.25, -0.2) is 13.6 Å².